The van der Waals surface area contributed by atoms with Crippen molar-refractivity contribution in [3.8, 4) is 5.75 Å². The minimum absolute atomic E-state index is 0.0384. The lowest BCUT2D eigenvalue weighted by Gasteiger charge is -2.34. The van der Waals surface area contributed by atoms with Crippen LogP contribution in [0.1, 0.15) is 35.4 Å². The van der Waals surface area contributed by atoms with E-state index in [-0.39, 0.29) is 16.8 Å². The van der Waals surface area contributed by atoms with E-state index in [1.54, 1.807) is 18.6 Å². The van der Waals surface area contributed by atoms with E-state index in [2.05, 4.69) is 10.2 Å². The number of nitrogens with zero attached hydrogens (tertiary/aromatic N) is 2. The van der Waals surface area contributed by atoms with Gasteiger partial charge in [-0.3, -0.25) is 4.79 Å². The standard InChI is InChI=1S/C21H27N3O4S2/c1-28-18-6-4-17(5-7-18)23-13-8-16(9-14-23)22-21(25)20-19(10-15-29-20)30(26,27)24-11-2-3-12-24/h4-7,10,15-16H,2-3,8-9,11-14H2,1H3,(H,22,25). The largest absolute Gasteiger partial charge is 0.497 e. The average molecular weight is 450 g/mol. The van der Waals surface area contributed by atoms with Gasteiger partial charge in [-0.15, -0.1) is 11.3 Å². The number of hydrogen-bond acceptors (Lipinski definition) is 6. The molecule has 3 heterocycles. The topological polar surface area (TPSA) is 79.0 Å². The summed E-state index contributed by atoms with van der Waals surface area (Å²) >= 11 is 1.19. The molecule has 9 heteroatoms. The number of amides is 1. The van der Waals surface area contributed by atoms with Crippen LogP contribution in [0.15, 0.2) is 40.6 Å². The molecule has 2 aromatic rings. The van der Waals surface area contributed by atoms with Crippen molar-refractivity contribution in [2.75, 3.05) is 38.2 Å². The van der Waals surface area contributed by atoms with E-state index in [9.17, 15) is 13.2 Å². The fraction of sp³-hybridized carbons (Fsp3) is 0.476. The first-order chi connectivity index (χ1) is 14.5. The molecule has 0 unspecified atom stereocenters. The van der Waals surface area contributed by atoms with Gasteiger partial charge in [0.15, 0.2) is 0 Å². The predicted molar refractivity (Wildman–Crippen MR) is 118 cm³/mol. The molecular formula is C21H27N3O4S2. The molecule has 2 aliphatic rings. The van der Waals surface area contributed by atoms with E-state index in [4.69, 9.17) is 4.74 Å². The van der Waals surface area contributed by atoms with Crippen molar-refractivity contribution in [2.24, 2.45) is 0 Å². The summed E-state index contributed by atoms with van der Waals surface area (Å²) in [5.41, 5.74) is 1.14. The number of nitrogens with one attached hydrogen (secondary N) is 1. The van der Waals surface area contributed by atoms with Crippen molar-refractivity contribution in [3.05, 3.63) is 40.6 Å². The zero-order valence-corrected chi connectivity index (χ0v) is 18.7. The van der Waals surface area contributed by atoms with Crippen LogP contribution < -0.4 is 15.0 Å². The van der Waals surface area contributed by atoms with Crippen molar-refractivity contribution in [3.63, 3.8) is 0 Å². The summed E-state index contributed by atoms with van der Waals surface area (Å²) in [4.78, 5) is 15.6. The highest BCUT2D eigenvalue weighted by molar-refractivity contribution is 7.89. The van der Waals surface area contributed by atoms with Gasteiger partial charge in [-0.2, -0.15) is 4.31 Å². The molecule has 0 spiro atoms. The highest BCUT2D eigenvalue weighted by atomic mass is 32.2. The van der Waals surface area contributed by atoms with E-state index in [0.717, 1.165) is 50.2 Å². The van der Waals surface area contributed by atoms with Gasteiger partial charge in [-0.25, -0.2) is 8.42 Å². The van der Waals surface area contributed by atoms with Crippen molar-refractivity contribution >= 4 is 33.0 Å². The van der Waals surface area contributed by atoms with Gasteiger partial charge in [0.25, 0.3) is 5.91 Å². The molecule has 2 aliphatic heterocycles. The second-order valence-corrected chi connectivity index (χ2v) is 10.5. The van der Waals surface area contributed by atoms with Crippen LogP contribution in [-0.4, -0.2) is 58.0 Å². The summed E-state index contributed by atoms with van der Waals surface area (Å²) in [5.74, 6) is 0.544. The Bertz CT molecular complexity index is 974. The molecule has 0 atom stereocenters. The fourth-order valence-electron chi connectivity index (χ4n) is 4.06. The fourth-order valence-corrected chi connectivity index (χ4v) is 6.88. The molecule has 0 saturated carbocycles. The second kappa shape index (κ2) is 8.95. The summed E-state index contributed by atoms with van der Waals surface area (Å²) in [6.45, 7) is 2.73. The molecular weight excluding hydrogens is 422 g/mol. The Morgan fingerprint density at radius 2 is 1.73 bits per heavy atom. The molecule has 2 saturated heterocycles. The Hall–Kier alpha value is -2.10. The number of thiophene rings is 1. The van der Waals surface area contributed by atoms with E-state index in [1.165, 1.54) is 15.6 Å². The maximum atomic E-state index is 12.9. The Morgan fingerprint density at radius 1 is 1.07 bits per heavy atom. The van der Waals surface area contributed by atoms with Gasteiger partial charge in [0.05, 0.1) is 7.11 Å². The van der Waals surface area contributed by atoms with E-state index < -0.39 is 10.0 Å². The maximum absolute atomic E-state index is 12.9. The predicted octanol–water partition coefficient (Wildman–Crippen LogP) is 2.94. The number of sulfonamides is 1. The van der Waals surface area contributed by atoms with E-state index >= 15 is 0 Å². The van der Waals surface area contributed by atoms with Gasteiger partial charge < -0.3 is 15.0 Å². The summed E-state index contributed by atoms with van der Waals surface area (Å²) in [7, 11) is -1.95. The first kappa shape index (κ1) is 21.1. The van der Waals surface area contributed by atoms with Crippen LogP contribution in [-0.2, 0) is 10.0 Å². The zero-order valence-electron chi connectivity index (χ0n) is 17.0. The zero-order chi connectivity index (χ0) is 21.1. The van der Waals surface area contributed by atoms with E-state index in [1.807, 2.05) is 24.3 Å². The highest BCUT2D eigenvalue weighted by Gasteiger charge is 2.32. The Labute approximate surface area is 181 Å². The molecule has 0 aliphatic carbocycles. The normalized spacial score (nSPS) is 18.5. The van der Waals surface area contributed by atoms with Crippen LogP contribution in [0.2, 0.25) is 0 Å². The van der Waals surface area contributed by atoms with Gasteiger partial charge in [-0.05, 0) is 61.4 Å². The monoisotopic (exact) mass is 449 g/mol. The second-order valence-electron chi connectivity index (χ2n) is 7.66. The quantitative estimate of drug-likeness (QED) is 0.734. The van der Waals surface area contributed by atoms with Crippen molar-refractivity contribution in [1.82, 2.24) is 9.62 Å². The van der Waals surface area contributed by atoms with Gasteiger partial charge >= 0.3 is 0 Å². The van der Waals surface area contributed by atoms with Crippen molar-refractivity contribution in [2.45, 2.75) is 36.6 Å². The summed E-state index contributed by atoms with van der Waals surface area (Å²) in [6.07, 6.45) is 3.38. The van der Waals surface area contributed by atoms with Crippen LogP contribution >= 0.6 is 11.3 Å². The van der Waals surface area contributed by atoms with Crippen LogP contribution in [0.4, 0.5) is 5.69 Å². The molecule has 1 aromatic carbocycles. The van der Waals surface area contributed by atoms with Gasteiger partial charge in [0.1, 0.15) is 15.5 Å². The molecule has 1 N–H and O–H groups in total. The average Bonchev–Trinajstić information content (AvgIpc) is 3.47. The smallest absolute Gasteiger partial charge is 0.262 e. The van der Waals surface area contributed by atoms with Crippen molar-refractivity contribution < 1.29 is 17.9 Å². The number of benzene rings is 1. The Kier molecular flexibility index (Phi) is 6.31. The van der Waals surface area contributed by atoms with Gasteiger partial charge in [0.2, 0.25) is 10.0 Å². The van der Waals surface area contributed by atoms with Crippen LogP contribution in [0.25, 0.3) is 0 Å². The lowest BCUT2D eigenvalue weighted by molar-refractivity contribution is 0.0932. The van der Waals surface area contributed by atoms with E-state index in [0.29, 0.717) is 18.0 Å². The number of rotatable bonds is 6. The van der Waals surface area contributed by atoms with Gasteiger partial charge in [0, 0.05) is 37.9 Å². The molecule has 7 nitrogen and oxygen atoms in total. The number of ether oxygens (including phenoxy) is 1. The van der Waals surface area contributed by atoms with Crippen LogP contribution in [0.5, 0.6) is 5.75 Å². The number of piperidine rings is 1. The Morgan fingerprint density at radius 3 is 2.37 bits per heavy atom. The minimum atomic E-state index is -3.60. The Balaban J connectivity index is 1.37. The number of methoxy groups -OCH3 is 1. The number of carbonyl (C=O) groups is 1. The number of carbonyl (C=O) groups excluding carboxylic acids is 1. The minimum Gasteiger partial charge on any atom is -0.497 e. The summed E-state index contributed by atoms with van der Waals surface area (Å²) < 4.78 is 32.5. The number of anilines is 1. The first-order valence-electron chi connectivity index (χ1n) is 10.3. The molecule has 0 bridgehead atoms. The van der Waals surface area contributed by atoms with Crippen LogP contribution in [0.3, 0.4) is 0 Å². The molecule has 2 fully saturated rings. The third-order valence-corrected chi connectivity index (χ3v) is 8.77. The van der Waals surface area contributed by atoms with Gasteiger partial charge in [-0.1, -0.05) is 0 Å². The third kappa shape index (κ3) is 4.33. The molecule has 30 heavy (non-hydrogen) atoms. The lowest BCUT2D eigenvalue weighted by Crippen LogP contribution is -2.44. The molecule has 1 amide bonds. The van der Waals surface area contributed by atoms with Crippen LogP contribution in [0, 0.1) is 0 Å². The summed E-state index contributed by atoms with van der Waals surface area (Å²) in [6, 6.07) is 9.57. The molecule has 0 radical (unpaired) electrons. The maximum Gasteiger partial charge on any atom is 0.262 e. The molecule has 4 rings (SSSR count). The number of hydrogen-bond donors (Lipinski definition) is 1. The lowest BCUT2D eigenvalue weighted by atomic mass is 10.0. The third-order valence-electron chi connectivity index (χ3n) is 5.79. The summed E-state index contributed by atoms with van der Waals surface area (Å²) in [5, 5.41) is 4.74. The van der Waals surface area contributed by atoms with Crippen molar-refractivity contribution in [1.29, 1.82) is 0 Å². The first-order valence-corrected chi connectivity index (χ1v) is 12.6. The SMILES string of the molecule is COc1ccc(N2CCC(NC(=O)c3sccc3S(=O)(=O)N3CCCC3)CC2)cc1. The highest BCUT2D eigenvalue weighted by Crippen LogP contribution is 2.28. The molecule has 162 valence electrons. The molecule has 1 aromatic heterocycles.